The Bertz CT molecular complexity index is 1430. The van der Waals surface area contributed by atoms with Crippen molar-refractivity contribution in [3.63, 3.8) is 0 Å². The molecule has 1 aliphatic carbocycles. The van der Waals surface area contributed by atoms with Crippen LogP contribution in [0.25, 0.3) is 33.4 Å². The molecule has 0 radical (unpaired) electrons. The number of aromatic hydroxyl groups is 1. The lowest BCUT2D eigenvalue weighted by molar-refractivity contribution is 0.0696. The van der Waals surface area contributed by atoms with E-state index in [4.69, 9.17) is 4.42 Å². The second kappa shape index (κ2) is 6.34. The van der Waals surface area contributed by atoms with Crippen molar-refractivity contribution in [1.29, 1.82) is 0 Å². The van der Waals surface area contributed by atoms with E-state index < -0.39 is 21.0 Å². The zero-order chi connectivity index (χ0) is 20.9. The highest BCUT2D eigenvalue weighted by Crippen LogP contribution is 2.42. The largest absolute Gasteiger partial charge is 0.501 e. The van der Waals surface area contributed by atoms with Gasteiger partial charge in [0.05, 0.1) is 10.9 Å². The Labute approximate surface area is 163 Å². The van der Waals surface area contributed by atoms with Gasteiger partial charge in [-0.15, -0.1) is 0 Å². The fourth-order valence-corrected chi connectivity index (χ4v) is 3.81. The minimum Gasteiger partial charge on any atom is -0.501 e. The molecule has 0 bridgehead atoms. The zero-order valence-corrected chi connectivity index (χ0v) is 15.1. The molecule has 0 fully saturated rings. The zero-order valence-electron chi connectivity index (χ0n) is 14.3. The monoisotopic (exact) mass is 410 g/mol. The molecule has 2 aromatic rings. The SMILES string of the molecule is O=C(O)c1ccc(-c2c3ccc(=O)cc-3oc3cc(O)c#cc23)c(S(=O)(=O)O)c1. The lowest BCUT2D eigenvalue weighted by Gasteiger charge is -2.16. The molecular formula is C20H10O8S. The molecule has 3 N–H and O–H groups in total. The van der Waals surface area contributed by atoms with Crippen molar-refractivity contribution < 1.29 is 32.4 Å². The predicted molar refractivity (Wildman–Crippen MR) is 101 cm³/mol. The number of fused-ring (bicyclic) bond motifs is 2. The van der Waals surface area contributed by atoms with Gasteiger partial charge in [-0.25, -0.2) is 4.79 Å². The summed E-state index contributed by atoms with van der Waals surface area (Å²) in [4.78, 5) is 22.4. The summed E-state index contributed by atoms with van der Waals surface area (Å²) in [7, 11) is -4.82. The van der Waals surface area contributed by atoms with Gasteiger partial charge >= 0.3 is 5.97 Å². The number of carbonyl (C=O) groups is 1. The van der Waals surface area contributed by atoms with Gasteiger partial charge < -0.3 is 14.6 Å². The minimum atomic E-state index is -4.82. The maximum Gasteiger partial charge on any atom is 0.335 e. The smallest absolute Gasteiger partial charge is 0.335 e. The Morgan fingerprint density at radius 1 is 1.00 bits per heavy atom. The van der Waals surface area contributed by atoms with Crippen LogP contribution in [0.3, 0.4) is 0 Å². The molecule has 0 saturated carbocycles. The molecule has 144 valence electrons. The van der Waals surface area contributed by atoms with E-state index >= 15 is 0 Å². The normalized spacial score (nSPS) is 11.5. The number of benzene rings is 2. The Morgan fingerprint density at radius 2 is 1.72 bits per heavy atom. The maximum absolute atomic E-state index is 12.0. The van der Waals surface area contributed by atoms with Crippen molar-refractivity contribution >= 4 is 27.1 Å². The summed E-state index contributed by atoms with van der Waals surface area (Å²) in [6, 6.07) is 13.4. The van der Waals surface area contributed by atoms with Gasteiger partial charge in [0.15, 0.2) is 11.2 Å². The van der Waals surface area contributed by atoms with E-state index in [0.29, 0.717) is 5.56 Å². The first-order valence-corrected chi connectivity index (χ1v) is 9.48. The molecule has 0 saturated heterocycles. The quantitative estimate of drug-likeness (QED) is 0.438. The Kier molecular flexibility index (Phi) is 4.04. The van der Waals surface area contributed by atoms with E-state index in [1.165, 1.54) is 36.4 Å². The van der Waals surface area contributed by atoms with E-state index in [2.05, 4.69) is 12.1 Å². The Balaban J connectivity index is 2.21. The van der Waals surface area contributed by atoms with Gasteiger partial charge in [-0.2, -0.15) is 8.42 Å². The third-order valence-corrected chi connectivity index (χ3v) is 5.19. The van der Waals surface area contributed by atoms with Crippen LogP contribution in [0, 0.1) is 12.1 Å². The first-order valence-electron chi connectivity index (χ1n) is 8.04. The third kappa shape index (κ3) is 3.16. The predicted octanol–water partition coefficient (Wildman–Crippen LogP) is 2.82. The van der Waals surface area contributed by atoms with Gasteiger partial charge in [-0.1, -0.05) is 12.1 Å². The molecule has 4 rings (SSSR count). The van der Waals surface area contributed by atoms with E-state index in [-0.39, 0.29) is 44.6 Å². The van der Waals surface area contributed by atoms with Gasteiger partial charge in [0.25, 0.3) is 10.1 Å². The maximum atomic E-state index is 12.0. The number of aromatic carboxylic acids is 1. The molecule has 0 atom stereocenters. The van der Waals surface area contributed by atoms with Crippen molar-refractivity contribution in [2.75, 3.05) is 0 Å². The molecule has 2 aromatic carbocycles. The number of hydrogen-bond acceptors (Lipinski definition) is 6. The summed E-state index contributed by atoms with van der Waals surface area (Å²) in [5.74, 6) is -1.57. The lowest BCUT2D eigenvalue weighted by atomic mass is 9.93. The second-order valence-electron chi connectivity index (χ2n) is 6.15. The van der Waals surface area contributed by atoms with Crippen molar-refractivity contribution in [3.8, 4) is 28.2 Å². The van der Waals surface area contributed by atoms with Crippen LogP contribution in [0.5, 0.6) is 5.75 Å². The van der Waals surface area contributed by atoms with Gasteiger partial charge in [0.1, 0.15) is 16.2 Å². The molecule has 0 aromatic heterocycles. The van der Waals surface area contributed by atoms with E-state index in [0.717, 1.165) is 6.07 Å². The third-order valence-electron chi connectivity index (χ3n) is 4.30. The van der Waals surface area contributed by atoms with Gasteiger partial charge in [-0.3, -0.25) is 9.35 Å². The first-order chi connectivity index (χ1) is 13.6. The fraction of sp³-hybridized carbons (Fsp3) is 0. The van der Waals surface area contributed by atoms with E-state index in [9.17, 15) is 32.8 Å². The van der Waals surface area contributed by atoms with Gasteiger partial charge in [0, 0.05) is 28.8 Å². The van der Waals surface area contributed by atoms with Crippen molar-refractivity contribution in [2.45, 2.75) is 4.90 Å². The average molecular weight is 410 g/mol. The molecule has 0 spiro atoms. The van der Waals surface area contributed by atoms with Crippen LogP contribution in [0.2, 0.25) is 0 Å². The molecule has 0 amide bonds. The van der Waals surface area contributed by atoms with E-state index in [1.54, 1.807) is 0 Å². The molecule has 8 nitrogen and oxygen atoms in total. The van der Waals surface area contributed by atoms with Crippen LogP contribution in [-0.4, -0.2) is 29.2 Å². The summed E-state index contributed by atoms with van der Waals surface area (Å²) >= 11 is 0. The van der Waals surface area contributed by atoms with Crippen LogP contribution in [0.1, 0.15) is 10.4 Å². The number of hydrogen-bond donors (Lipinski definition) is 3. The van der Waals surface area contributed by atoms with Gasteiger partial charge in [-0.05, 0) is 30.3 Å². The first kappa shape index (κ1) is 18.5. The molecule has 2 aliphatic rings. The van der Waals surface area contributed by atoms with E-state index in [1.807, 2.05) is 0 Å². The number of rotatable bonds is 3. The number of carboxylic acids is 1. The molecule has 29 heavy (non-hydrogen) atoms. The van der Waals surface area contributed by atoms with Crippen LogP contribution in [-0.2, 0) is 10.1 Å². The highest BCUT2D eigenvalue weighted by Gasteiger charge is 2.25. The Morgan fingerprint density at radius 3 is 2.41 bits per heavy atom. The van der Waals surface area contributed by atoms with Crippen molar-refractivity contribution in [1.82, 2.24) is 0 Å². The van der Waals surface area contributed by atoms with Crippen LogP contribution in [0.4, 0.5) is 0 Å². The van der Waals surface area contributed by atoms with Crippen LogP contribution < -0.4 is 5.43 Å². The second-order valence-corrected chi connectivity index (χ2v) is 7.53. The molecular weight excluding hydrogens is 400 g/mol. The summed E-state index contributed by atoms with van der Waals surface area (Å²) in [5.41, 5.74) is -0.123. The topological polar surface area (TPSA) is 142 Å². The standard InChI is InChI=1S/C20H10O8S/c21-11-2-5-13-16(8-11)28-17-9-12(22)3-6-14(17)19(13)15-4-1-10(20(23)24)7-18(15)29(25,26)27/h1-2,4-5,7-9,22H,(H,23,24)(H,25,26,27). The average Bonchev–Trinajstić information content (AvgIpc) is 2.64. The Hall–Kier alpha value is -3.87. The summed E-state index contributed by atoms with van der Waals surface area (Å²) in [6.07, 6.45) is 0. The highest BCUT2D eigenvalue weighted by atomic mass is 32.2. The lowest BCUT2D eigenvalue weighted by Crippen LogP contribution is -2.06. The molecule has 9 heteroatoms. The summed E-state index contributed by atoms with van der Waals surface area (Å²) in [6.45, 7) is 0. The molecule has 0 unspecified atom stereocenters. The number of carboxylic acid groups (broad SMARTS) is 1. The molecule has 1 heterocycles. The van der Waals surface area contributed by atoms with Crippen molar-refractivity contribution in [2.24, 2.45) is 0 Å². The highest BCUT2D eigenvalue weighted by molar-refractivity contribution is 7.86. The van der Waals surface area contributed by atoms with Gasteiger partial charge in [0.2, 0.25) is 0 Å². The van der Waals surface area contributed by atoms with Crippen LogP contribution >= 0.6 is 0 Å². The minimum absolute atomic E-state index is 0.0303. The fourth-order valence-electron chi connectivity index (χ4n) is 3.09. The van der Waals surface area contributed by atoms with Crippen LogP contribution in [0.15, 0.2) is 56.6 Å². The molecule has 1 aliphatic heterocycles. The summed E-state index contributed by atoms with van der Waals surface area (Å²) in [5, 5.41) is 19.1. The van der Waals surface area contributed by atoms with Crippen molar-refractivity contribution in [3.05, 3.63) is 70.4 Å². The summed E-state index contributed by atoms with van der Waals surface area (Å²) < 4.78 is 39.4.